The Morgan fingerprint density at radius 1 is 1.27 bits per heavy atom. The predicted molar refractivity (Wildman–Crippen MR) is 92.5 cm³/mol. The Morgan fingerprint density at radius 3 is 2.73 bits per heavy atom. The fraction of sp³-hybridized carbons (Fsp3) is 0.444. The Kier molecular flexibility index (Phi) is 4.32. The monoisotopic (exact) mass is 356 g/mol. The summed E-state index contributed by atoms with van der Waals surface area (Å²) in [5, 5.41) is 3.72. The first-order valence-corrected chi connectivity index (χ1v) is 8.71. The van der Waals surface area contributed by atoms with Gasteiger partial charge in [-0.25, -0.2) is 0 Å². The molecule has 1 aromatic carbocycles. The van der Waals surface area contributed by atoms with Gasteiger partial charge in [0.05, 0.1) is 5.92 Å². The van der Waals surface area contributed by atoms with Crippen molar-refractivity contribution in [3.05, 3.63) is 36.0 Å². The van der Waals surface area contributed by atoms with Gasteiger partial charge < -0.3 is 18.6 Å². The summed E-state index contributed by atoms with van der Waals surface area (Å²) in [5.74, 6) is 0.460. The van der Waals surface area contributed by atoms with Gasteiger partial charge in [0.15, 0.2) is 17.5 Å². The second kappa shape index (κ2) is 6.78. The van der Waals surface area contributed by atoms with Gasteiger partial charge in [0.1, 0.15) is 5.52 Å². The van der Waals surface area contributed by atoms with Crippen LogP contribution in [0.2, 0.25) is 0 Å². The van der Waals surface area contributed by atoms with Crippen LogP contribution in [0.15, 0.2) is 33.2 Å². The Hall–Kier alpha value is -2.90. The van der Waals surface area contributed by atoms with Crippen molar-refractivity contribution in [2.24, 2.45) is 5.92 Å². The van der Waals surface area contributed by atoms with Crippen molar-refractivity contribution in [3.63, 3.8) is 0 Å². The lowest BCUT2D eigenvalue weighted by molar-refractivity contribution is -0.155. The summed E-state index contributed by atoms with van der Waals surface area (Å²) < 4.78 is 16.3. The first kappa shape index (κ1) is 16.6. The second-order valence-electron chi connectivity index (χ2n) is 6.48. The van der Waals surface area contributed by atoms with E-state index >= 15 is 0 Å². The maximum atomic E-state index is 12.4. The van der Waals surface area contributed by atoms with Gasteiger partial charge in [-0.15, -0.1) is 0 Å². The number of piperidine rings is 1. The van der Waals surface area contributed by atoms with Gasteiger partial charge in [0, 0.05) is 13.1 Å². The van der Waals surface area contributed by atoms with Gasteiger partial charge in [-0.1, -0.05) is 17.3 Å². The molecule has 1 unspecified atom stereocenters. The molecule has 0 radical (unpaired) electrons. The maximum Gasteiger partial charge on any atom is 0.309 e. The molecule has 2 aromatic heterocycles. The number of carbonyl (C=O) groups excluding carboxylic acids is 1. The number of esters is 1. The van der Waals surface area contributed by atoms with Crippen molar-refractivity contribution >= 4 is 23.1 Å². The number of ether oxygens (including phenoxy) is 1. The van der Waals surface area contributed by atoms with Crippen molar-refractivity contribution in [2.75, 3.05) is 18.0 Å². The molecule has 8 nitrogen and oxygen atoms in total. The molecule has 0 aliphatic carbocycles. The highest BCUT2D eigenvalue weighted by atomic mass is 16.6. The van der Waals surface area contributed by atoms with Crippen LogP contribution < -0.4 is 4.90 Å². The molecular formula is C18H20N4O4. The Morgan fingerprint density at radius 2 is 2.04 bits per heavy atom. The second-order valence-corrected chi connectivity index (χ2v) is 6.48. The van der Waals surface area contributed by atoms with Crippen LogP contribution >= 0.6 is 0 Å². The molecular weight excluding hydrogens is 336 g/mol. The number of oxazole rings is 1. The number of aromatic nitrogens is 3. The molecule has 0 bridgehead atoms. The largest absolute Gasteiger partial charge is 0.452 e. The number of anilines is 1. The zero-order valence-electron chi connectivity index (χ0n) is 14.7. The summed E-state index contributed by atoms with van der Waals surface area (Å²) in [6.07, 6.45) is 0.832. The van der Waals surface area contributed by atoms with Crippen LogP contribution in [0.3, 0.4) is 0 Å². The summed E-state index contributed by atoms with van der Waals surface area (Å²) >= 11 is 0. The number of hydrogen-bond donors (Lipinski definition) is 0. The molecule has 1 atom stereocenters. The maximum absolute atomic E-state index is 12.4. The highest BCUT2D eigenvalue weighted by Crippen LogP contribution is 2.28. The minimum absolute atomic E-state index is 0.151. The van der Waals surface area contributed by atoms with Gasteiger partial charge in [-0.2, -0.15) is 9.97 Å². The van der Waals surface area contributed by atoms with Crippen LogP contribution in [0.5, 0.6) is 0 Å². The predicted octanol–water partition coefficient (Wildman–Crippen LogP) is 3.04. The average Bonchev–Trinajstić information content (AvgIpc) is 3.28. The third kappa shape index (κ3) is 3.26. The molecule has 0 amide bonds. The molecule has 1 fully saturated rings. The first-order valence-electron chi connectivity index (χ1n) is 8.71. The van der Waals surface area contributed by atoms with E-state index in [0.717, 1.165) is 11.1 Å². The quantitative estimate of drug-likeness (QED) is 0.658. The van der Waals surface area contributed by atoms with Crippen LogP contribution in [0.25, 0.3) is 11.1 Å². The number of fused-ring (bicyclic) bond motifs is 1. The minimum atomic E-state index is -0.543. The third-order valence-electron chi connectivity index (χ3n) is 4.57. The lowest BCUT2D eigenvalue weighted by Crippen LogP contribution is -2.37. The molecule has 1 aliphatic heterocycles. The fourth-order valence-electron chi connectivity index (χ4n) is 3.10. The molecule has 3 heterocycles. The topological polar surface area (TPSA) is 94.5 Å². The number of nitrogens with zero attached hydrogens (tertiary/aromatic N) is 4. The highest BCUT2D eigenvalue weighted by Gasteiger charge is 2.30. The summed E-state index contributed by atoms with van der Waals surface area (Å²) in [6, 6.07) is 8.28. The Bertz CT molecular complexity index is 878. The molecule has 1 aliphatic rings. The average molecular weight is 356 g/mol. The van der Waals surface area contributed by atoms with E-state index in [1.165, 1.54) is 0 Å². The minimum Gasteiger partial charge on any atom is -0.452 e. The van der Waals surface area contributed by atoms with E-state index < -0.39 is 6.10 Å². The number of hydrogen-bond acceptors (Lipinski definition) is 8. The van der Waals surface area contributed by atoms with E-state index in [1.807, 2.05) is 24.3 Å². The molecule has 136 valence electrons. The van der Waals surface area contributed by atoms with E-state index in [4.69, 9.17) is 13.7 Å². The summed E-state index contributed by atoms with van der Waals surface area (Å²) in [5.41, 5.74) is 1.61. The molecule has 0 saturated carbocycles. The standard InChI is InChI=1S/C18H20N4O4/c1-11(16-19-12(2)21-26-16)24-17(23)13-7-9-22(10-8-13)18-20-14-5-3-4-6-15(14)25-18/h3-6,11,13H,7-10H2,1-2H3. The van der Waals surface area contributed by atoms with Crippen molar-refractivity contribution in [3.8, 4) is 0 Å². The van der Waals surface area contributed by atoms with E-state index in [1.54, 1.807) is 13.8 Å². The number of aryl methyl sites for hydroxylation is 1. The lowest BCUT2D eigenvalue weighted by atomic mass is 9.97. The smallest absolute Gasteiger partial charge is 0.309 e. The summed E-state index contributed by atoms with van der Waals surface area (Å²) in [4.78, 5) is 23.1. The lowest BCUT2D eigenvalue weighted by Gasteiger charge is -2.29. The fourth-order valence-corrected chi connectivity index (χ4v) is 3.10. The first-order chi connectivity index (χ1) is 12.6. The van der Waals surface area contributed by atoms with Crippen LogP contribution in [0, 0.1) is 12.8 Å². The molecule has 8 heteroatoms. The SMILES string of the molecule is Cc1noc(C(C)OC(=O)C2CCN(c3nc4ccccc4o3)CC2)n1. The van der Waals surface area contributed by atoms with Crippen LogP contribution in [-0.4, -0.2) is 34.2 Å². The number of carbonyl (C=O) groups is 1. The van der Waals surface area contributed by atoms with Crippen molar-refractivity contribution in [2.45, 2.75) is 32.8 Å². The van der Waals surface area contributed by atoms with E-state index in [9.17, 15) is 4.79 Å². The number of benzene rings is 1. The molecule has 26 heavy (non-hydrogen) atoms. The van der Waals surface area contributed by atoms with Gasteiger partial charge in [-0.05, 0) is 38.8 Å². The van der Waals surface area contributed by atoms with Gasteiger partial charge >= 0.3 is 5.97 Å². The zero-order valence-corrected chi connectivity index (χ0v) is 14.7. The van der Waals surface area contributed by atoms with Gasteiger partial charge in [0.2, 0.25) is 0 Å². The van der Waals surface area contributed by atoms with E-state index in [2.05, 4.69) is 20.0 Å². The zero-order chi connectivity index (χ0) is 18.1. The van der Waals surface area contributed by atoms with Gasteiger partial charge in [0.25, 0.3) is 11.9 Å². The highest BCUT2D eigenvalue weighted by molar-refractivity contribution is 5.75. The van der Waals surface area contributed by atoms with Crippen molar-refractivity contribution in [1.82, 2.24) is 15.1 Å². The third-order valence-corrected chi connectivity index (χ3v) is 4.57. The molecule has 0 N–H and O–H groups in total. The molecule has 4 rings (SSSR count). The van der Waals surface area contributed by atoms with Crippen molar-refractivity contribution in [1.29, 1.82) is 0 Å². The van der Waals surface area contributed by atoms with E-state index in [-0.39, 0.29) is 11.9 Å². The summed E-state index contributed by atoms with van der Waals surface area (Å²) in [7, 11) is 0. The number of para-hydroxylation sites is 2. The van der Waals surface area contributed by atoms with Crippen LogP contribution in [0.4, 0.5) is 6.01 Å². The van der Waals surface area contributed by atoms with Crippen LogP contribution in [0.1, 0.15) is 37.6 Å². The summed E-state index contributed by atoms with van der Waals surface area (Å²) in [6.45, 7) is 4.85. The Labute approximate surface area is 150 Å². The van der Waals surface area contributed by atoms with Crippen molar-refractivity contribution < 1.29 is 18.5 Å². The van der Waals surface area contributed by atoms with Gasteiger partial charge in [-0.3, -0.25) is 4.79 Å². The molecule has 3 aromatic rings. The molecule has 0 spiro atoms. The van der Waals surface area contributed by atoms with E-state index in [0.29, 0.717) is 43.7 Å². The Balaban J connectivity index is 1.34. The normalized spacial score (nSPS) is 16.8. The molecule has 1 saturated heterocycles. The number of rotatable bonds is 4. The van der Waals surface area contributed by atoms with Crippen LogP contribution in [-0.2, 0) is 9.53 Å².